The zero-order chi connectivity index (χ0) is 58.8. The number of phenols is 1. The number of guanidine groups is 2. The molecular weight excluding hydrogens is 1110 g/mol. The summed E-state index contributed by atoms with van der Waals surface area (Å²) in [6, 6.07) is 13.0. The second-order valence-electron chi connectivity index (χ2n) is 30.6. The van der Waals surface area contributed by atoms with Crippen molar-refractivity contribution >= 4 is 45.4 Å². The van der Waals surface area contributed by atoms with Crippen molar-refractivity contribution in [1.29, 1.82) is 0 Å². The van der Waals surface area contributed by atoms with Crippen molar-refractivity contribution in [3.63, 3.8) is 0 Å². The summed E-state index contributed by atoms with van der Waals surface area (Å²) in [5.41, 5.74) is 22.0. The minimum atomic E-state index is -0.862. The Bertz CT molecular complexity index is 3090. The van der Waals surface area contributed by atoms with Gasteiger partial charge in [-0.05, 0) is 223 Å². The molecule has 0 radical (unpaired) electrons. The number of aliphatic hydroxyl groups is 1. The van der Waals surface area contributed by atoms with Gasteiger partial charge in [0.25, 0.3) is 0 Å². The standard InChI is InChI=1S/C71H97N7O6S2/c1-44(79)83-67-32-20-47-36-49(61(82)62-60(47)48-21-34-69(84-62)28-7-12-50(69)37-48)42-78-43-68(40-59(78)81)51(13-15-54(68)46-10-3-2-4-11-46)41-76-64(74)77-71(30-9-26-65(71)24-5-6-25-65)86-85-58-18-17-55-52(53(22-33-67)57(80)39-67)14-16-56(58)70(55)29-8-27-66(70)31-19-45(38-66)23-35-75-63(72)73/h2-4,10-11,17-18,21,34,36,45,48,50-58,80,82H,5-9,12-16,19-20,22-33,35,37-43H2,1H3,(H4,72,73,75)(H3,74,76,77)/t45-,48-,50+,51-,52+,53+,54-,55-,56-,57-,58-,66-,67+,68+,69+,70-,71+/m1/s1. The number of nitrogens with two attached hydrogens (primary N) is 3. The molecule has 19 rings (SSSR count). The molecule has 12 bridgehead atoms. The first-order valence-electron chi connectivity index (χ1n) is 34.2. The quantitative estimate of drug-likeness (QED) is 0.0543. The number of phenolic OH excluding ortho intramolecular Hbond substituents is 1. The van der Waals surface area contributed by atoms with Crippen LogP contribution in [0.25, 0.3) is 0 Å². The van der Waals surface area contributed by atoms with Crippen LogP contribution in [-0.4, -0.2) is 86.0 Å². The van der Waals surface area contributed by atoms with Gasteiger partial charge in [0, 0.05) is 85.0 Å². The Morgan fingerprint density at radius 3 is 2.51 bits per heavy atom. The number of aliphatic imine (C=N–C) groups is 2. The molecule has 9 fully saturated rings. The van der Waals surface area contributed by atoms with Crippen LogP contribution in [0.5, 0.6) is 11.5 Å². The van der Waals surface area contributed by atoms with Crippen LogP contribution in [0.15, 0.2) is 70.7 Å². The van der Waals surface area contributed by atoms with E-state index in [4.69, 9.17) is 31.7 Å². The summed E-state index contributed by atoms with van der Waals surface area (Å²) in [5.74, 6) is 3.83. The summed E-state index contributed by atoms with van der Waals surface area (Å²) in [7, 11) is 4.27. The lowest BCUT2D eigenvalue weighted by Gasteiger charge is -2.63. The number of rotatable bonds is 5. The number of esters is 1. The molecular formula is C71H97N7O6S2. The fraction of sp³-hybridized carbons (Fsp3) is 0.718. The zero-order valence-corrected chi connectivity index (χ0v) is 52.8. The van der Waals surface area contributed by atoms with Gasteiger partial charge in [-0.1, -0.05) is 89.4 Å². The highest BCUT2D eigenvalue weighted by molar-refractivity contribution is 8.77. The molecule has 8 saturated carbocycles. The normalized spacial score (nSPS) is 42.7. The number of hydrogen-bond donors (Lipinski definition) is 6. The van der Waals surface area contributed by atoms with Crippen molar-refractivity contribution in [3.8, 4) is 11.5 Å². The van der Waals surface area contributed by atoms with Gasteiger partial charge >= 0.3 is 5.97 Å². The lowest BCUT2D eigenvalue weighted by Crippen LogP contribution is -2.59. The van der Waals surface area contributed by atoms with Crippen LogP contribution in [0.4, 0.5) is 0 Å². The second-order valence-corrected chi connectivity index (χ2v) is 33.3. The van der Waals surface area contributed by atoms with Crippen molar-refractivity contribution in [1.82, 2.24) is 10.2 Å². The third-order valence-electron chi connectivity index (χ3n) is 27.0. The fourth-order valence-electron chi connectivity index (χ4n) is 23.5. The van der Waals surface area contributed by atoms with Gasteiger partial charge in [0.2, 0.25) is 5.91 Å². The molecule has 1 saturated heterocycles. The number of ether oxygens (including phenoxy) is 2. The Morgan fingerprint density at radius 2 is 1.69 bits per heavy atom. The number of carbonyl (C=O) groups is 2. The molecule has 6 spiro atoms. The molecule has 86 heavy (non-hydrogen) atoms. The first-order valence-corrected chi connectivity index (χ1v) is 36.4. The lowest BCUT2D eigenvalue weighted by atomic mass is 9.43. The van der Waals surface area contributed by atoms with E-state index in [2.05, 4.69) is 92.6 Å². The molecule has 464 valence electrons. The molecule has 0 aromatic heterocycles. The predicted octanol–water partition coefficient (Wildman–Crippen LogP) is 12.6. The van der Waals surface area contributed by atoms with E-state index in [-0.39, 0.29) is 80.3 Å². The summed E-state index contributed by atoms with van der Waals surface area (Å²) in [6.45, 7) is 3.60. The summed E-state index contributed by atoms with van der Waals surface area (Å²) in [5, 5.41) is 30.4. The van der Waals surface area contributed by atoms with Crippen LogP contribution < -0.4 is 27.3 Å². The van der Waals surface area contributed by atoms with Gasteiger partial charge in [0.15, 0.2) is 23.4 Å². The topological polar surface area (TPSA) is 211 Å². The maximum atomic E-state index is 15.1. The number of nitrogens with one attached hydrogen (secondary N) is 1. The third kappa shape index (κ3) is 9.26. The second kappa shape index (κ2) is 22.0. The number of aryl methyl sites for hydroxylation is 1. The molecule has 7 aliphatic heterocycles. The summed E-state index contributed by atoms with van der Waals surface area (Å²) < 4.78 is 13.9. The molecule has 17 atom stereocenters. The van der Waals surface area contributed by atoms with E-state index >= 15 is 4.79 Å². The highest BCUT2D eigenvalue weighted by atomic mass is 33.1. The summed E-state index contributed by atoms with van der Waals surface area (Å²) in [6.07, 6.45) is 37.8. The molecule has 2 aromatic rings. The molecule has 0 unspecified atom stereocenters. The van der Waals surface area contributed by atoms with Crippen LogP contribution in [0, 0.1) is 63.1 Å². The average molecular weight is 1210 g/mol. The van der Waals surface area contributed by atoms with E-state index < -0.39 is 17.3 Å². The molecule has 1 amide bonds. The monoisotopic (exact) mass is 1210 g/mol. The number of hydrogen-bond acceptors (Lipinski definition) is 12. The Morgan fingerprint density at radius 1 is 0.860 bits per heavy atom. The Hall–Kier alpha value is -4.34. The average Bonchev–Trinajstić information content (AvgIpc) is 1.52. The maximum Gasteiger partial charge on any atom is 0.303 e. The molecule has 7 heterocycles. The van der Waals surface area contributed by atoms with Gasteiger partial charge in [-0.15, -0.1) is 0 Å². The van der Waals surface area contributed by atoms with Crippen molar-refractivity contribution in [2.24, 2.45) is 90.3 Å². The van der Waals surface area contributed by atoms with E-state index in [0.717, 1.165) is 81.8 Å². The Labute approximate surface area is 518 Å². The molecule has 10 aliphatic carbocycles. The molecule has 9 N–H and O–H groups in total. The smallest absolute Gasteiger partial charge is 0.303 e. The summed E-state index contributed by atoms with van der Waals surface area (Å²) in [4.78, 5) is 40.3. The van der Waals surface area contributed by atoms with Crippen LogP contribution in [0.2, 0.25) is 0 Å². The van der Waals surface area contributed by atoms with E-state index in [9.17, 15) is 15.0 Å². The van der Waals surface area contributed by atoms with Crippen LogP contribution in [-0.2, 0) is 27.3 Å². The number of fused-ring (bicyclic) bond motifs is 2. The van der Waals surface area contributed by atoms with Gasteiger partial charge in [-0.25, -0.2) is 0 Å². The van der Waals surface area contributed by atoms with Gasteiger partial charge < -0.3 is 47.1 Å². The van der Waals surface area contributed by atoms with Crippen molar-refractivity contribution < 1.29 is 29.3 Å². The first-order chi connectivity index (χ1) is 41.6. The van der Waals surface area contributed by atoms with Gasteiger partial charge in [0.05, 0.1) is 6.10 Å². The molecule has 17 aliphatic rings. The minimum absolute atomic E-state index is 0.0668. The van der Waals surface area contributed by atoms with Crippen molar-refractivity contribution in [2.45, 2.75) is 233 Å². The van der Waals surface area contributed by atoms with Gasteiger partial charge in [-0.2, -0.15) is 0 Å². The molecule has 15 heteroatoms. The predicted molar refractivity (Wildman–Crippen MR) is 342 cm³/mol. The van der Waals surface area contributed by atoms with Crippen molar-refractivity contribution in [2.75, 3.05) is 19.6 Å². The van der Waals surface area contributed by atoms with Gasteiger partial charge in [0.1, 0.15) is 16.1 Å². The number of nitrogens with zero attached hydrogens (tertiary/aromatic N) is 3. The lowest BCUT2D eigenvalue weighted by molar-refractivity contribution is -0.175. The zero-order valence-electron chi connectivity index (χ0n) is 51.2. The minimum Gasteiger partial charge on any atom is -0.504 e. The highest BCUT2D eigenvalue weighted by Crippen LogP contribution is 2.76. The van der Waals surface area contributed by atoms with Crippen LogP contribution >= 0.6 is 21.6 Å². The van der Waals surface area contributed by atoms with E-state index in [0.29, 0.717) is 104 Å². The maximum absolute atomic E-state index is 15.1. The molecule has 13 nitrogen and oxygen atoms in total. The number of aliphatic hydroxyl groups excluding tert-OH is 1. The van der Waals surface area contributed by atoms with E-state index in [1.54, 1.807) is 0 Å². The third-order valence-corrected chi connectivity index (χ3v) is 30.6. The number of amides is 1. The first kappa shape index (κ1) is 58.1. The van der Waals surface area contributed by atoms with Crippen molar-refractivity contribution in [3.05, 3.63) is 83.0 Å². The number of carbonyl (C=O) groups excluding carboxylic acids is 2. The van der Waals surface area contributed by atoms with E-state index in [1.807, 2.05) is 4.90 Å². The number of benzene rings is 2. The Kier molecular flexibility index (Phi) is 14.8. The number of aromatic hydroxyl groups is 1. The SMILES string of the molecule is CC(=O)O[C@@]12CCc3cc(c(O)c4c3[C@@H]3C=C[C@]5(CCC[C@H]5C3)O4)CN3C[C@@]4(CC3=O)[C@H](CC[C@@H]4c3ccccc3)CN=C(N)N[C@@]3(CCCC34CCCC4)SS[C@@H]3C=C[C@@H]4[C@@H](CC[C@H]3[C@@]43CCC[C@]34CC[C@H](CCN=C(N)N)C4)[C@H](CC1)[C@H](O)C2. The largest absolute Gasteiger partial charge is 0.504 e. The van der Waals surface area contributed by atoms with Crippen LogP contribution in [0.1, 0.15) is 214 Å². The highest BCUT2D eigenvalue weighted by Gasteiger charge is 2.69. The van der Waals surface area contributed by atoms with Gasteiger partial charge in [-0.3, -0.25) is 19.6 Å². The Balaban J connectivity index is 0.837. The van der Waals surface area contributed by atoms with E-state index in [1.165, 1.54) is 89.5 Å². The fourth-order valence-corrected chi connectivity index (χ4v) is 27.6. The van der Waals surface area contributed by atoms with Crippen LogP contribution in [0.3, 0.4) is 0 Å². The molecule has 2 aromatic carbocycles. The summed E-state index contributed by atoms with van der Waals surface area (Å²) >= 11 is 0. The number of allylic oxidation sites excluding steroid dienone is 2.